The maximum Gasteiger partial charge on any atom is 0.311 e. The lowest BCUT2D eigenvalue weighted by Crippen LogP contribution is -2.47. The molecular formula is C29H41FN2O8. The third-order valence-corrected chi connectivity index (χ3v) is 9.19. The zero-order valence-corrected chi connectivity index (χ0v) is 23.5. The van der Waals surface area contributed by atoms with Gasteiger partial charge in [0.2, 0.25) is 5.91 Å². The van der Waals surface area contributed by atoms with E-state index >= 15 is 0 Å². The largest absolute Gasteiger partial charge is 0.496 e. The van der Waals surface area contributed by atoms with Gasteiger partial charge in [0, 0.05) is 25.8 Å². The summed E-state index contributed by atoms with van der Waals surface area (Å²) in [7, 11) is 2.92. The number of aliphatic carboxylic acids is 1. The molecule has 11 heteroatoms. The molecule has 0 aliphatic heterocycles. The van der Waals surface area contributed by atoms with Gasteiger partial charge in [-0.3, -0.25) is 14.4 Å². The van der Waals surface area contributed by atoms with Gasteiger partial charge in [-0.1, -0.05) is 13.3 Å². The van der Waals surface area contributed by atoms with Crippen molar-refractivity contribution in [3.63, 3.8) is 0 Å². The Morgan fingerprint density at radius 2 is 1.75 bits per heavy atom. The second kappa shape index (κ2) is 12.3. The number of aliphatic hydroxyl groups is 1. The molecular weight excluding hydrogens is 523 g/mol. The predicted molar refractivity (Wildman–Crippen MR) is 143 cm³/mol. The van der Waals surface area contributed by atoms with Gasteiger partial charge in [0.25, 0.3) is 5.91 Å². The molecule has 3 saturated carbocycles. The molecule has 0 radical (unpaired) electrons. The number of nitrogens with one attached hydrogen (secondary N) is 2. The first-order valence-electron chi connectivity index (χ1n) is 14.0. The highest BCUT2D eigenvalue weighted by molar-refractivity contribution is 5.98. The van der Waals surface area contributed by atoms with Gasteiger partial charge < -0.3 is 35.1 Å². The van der Waals surface area contributed by atoms with Crippen LogP contribution < -0.4 is 20.1 Å². The highest BCUT2D eigenvalue weighted by atomic mass is 19.1. The van der Waals surface area contributed by atoms with Crippen LogP contribution in [0.4, 0.5) is 4.39 Å². The fourth-order valence-corrected chi connectivity index (χ4v) is 6.12. The molecule has 4 N–H and O–H groups in total. The van der Waals surface area contributed by atoms with E-state index in [-0.39, 0.29) is 47.3 Å². The Bertz CT molecular complexity index is 1100. The van der Waals surface area contributed by atoms with Crippen LogP contribution in [-0.4, -0.2) is 73.6 Å². The summed E-state index contributed by atoms with van der Waals surface area (Å²) in [6, 6.07) is 1.88. The van der Waals surface area contributed by atoms with E-state index in [1.807, 2.05) is 0 Å². The molecule has 3 fully saturated rings. The van der Waals surface area contributed by atoms with Gasteiger partial charge in [-0.15, -0.1) is 0 Å². The van der Waals surface area contributed by atoms with Crippen molar-refractivity contribution >= 4 is 17.8 Å². The normalized spacial score (nSPS) is 29.2. The number of carbonyl (C=O) groups is 3. The molecule has 40 heavy (non-hydrogen) atoms. The van der Waals surface area contributed by atoms with E-state index in [0.29, 0.717) is 32.2 Å². The second-order valence-corrected chi connectivity index (χ2v) is 11.9. The van der Waals surface area contributed by atoms with Crippen molar-refractivity contribution in [2.45, 2.75) is 83.0 Å². The molecule has 10 nitrogen and oxygen atoms in total. The number of halogens is 1. The standard InChI is InChI=1S/C29H41FN2O8/c1-28(7-4-8-28)15-31-25(34)19-11-18(38-2)12-22(19)32-26(35)20-13-24(21(30)14-23(20)39-3)40-17-5-9-29(16-33,10-6-17)27(36)37/h13-14,17-19,22,33H,4-12,15-16H2,1-3H3,(H,31,34)(H,32,35)(H,36,37)/t17-,18-,19-,22+,29+/m0/s1. The van der Waals surface area contributed by atoms with E-state index in [2.05, 4.69) is 17.6 Å². The molecule has 222 valence electrons. The summed E-state index contributed by atoms with van der Waals surface area (Å²) in [5, 5.41) is 25.1. The molecule has 1 aromatic carbocycles. The van der Waals surface area contributed by atoms with Crippen molar-refractivity contribution in [1.29, 1.82) is 0 Å². The van der Waals surface area contributed by atoms with Gasteiger partial charge in [-0.05, 0) is 62.8 Å². The van der Waals surface area contributed by atoms with Crippen LogP contribution >= 0.6 is 0 Å². The molecule has 0 spiro atoms. The summed E-state index contributed by atoms with van der Waals surface area (Å²) in [4.78, 5) is 38.2. The lowest BCUT2D eigenvalue weighted by Gasteiger charge is -2.38. The minimum atomic E-state index is -1.22. The Morgan fingerprint density at radius 1 is 1.05 bits per heavy atom. The summed E-state index contributed by atoms with van der Waals surface area (Å²) in [5.74, 6) is -3.01. The summed E-state index contributed by atoms with van der Waals surface area (Å²) in [6.07, 6.45) is 4.63. The molecule has 0 aromatic heterocycles. The quantitative estimate of drug-likeness (QED) is 0.321. The highest BCUT2D eigenvalue weighted by Crippen LogP contribution is 2.40. The smallest absolute Gasteiger partial charge is 0.311 e. The average Bonchev–Trinajstić information content (AvgIpc) is 3.34. The third kappa shape index (κ3) is 6.35. The number of hydrogen-bond donors (Lipinski definition) is 4. The predicted octanol–water partition coefficient (Wildman–Crippen LogP) is 3.05. The molecule has 0 saturated heterocycles. The van der Waals surface area contributed by atoms with Crippen molar-refractivity contribution in [1.82, 2.24) is 10.6 Å². The van der Waals surface area contributed by atoms with Crippen LogP contribution in [0.25, 0.3) is 0 Å². The van der Waals surface area contributed by atoms with E-state index in [9.17, 15) is 29.0 Å². The van der Waals surface area contributed by atoms with Gasteiger partial charge in [0.15, 0.2) is 11.6 Å². The summed E-state index contributed by atoms with van der Waals surface area (Å²) < 4.78 is 31.6. The van der Waals surface area contributed by atoms with Crippen LogP contribution in [0.2, 0.25) is 0 Å². The maximum absolute atomic E-state index is 14.9. The van der Waals surface area contributed by atoms with Gasteiger partial charge in [0.1, 0.15) is 5.75 Å². The van der Waals surface area contributed by atoms with Gasteiger partial charge >= 0.3 is 5.97 Å². The lowest BCUT2D eigenvalue weighted by molar-refractivity contribution is -0.155. The van der Waals surface area contributed by atoms with E-state index < -0.39 is 47.8 Å². The third-order valence-electron chi connectivity index (χ3n) is 9.19. The fraction of sp³-hybridized carbons (Fsp3) is 0.690. The van der Waals surface area contributed by atoms with E-state index in [1.165, 1.54) is 13.2 Å². The van der Waals surface area contributed by atoms with Crippen LogP contribution in [0, 0.1) is 22.6 Å². The van der Waals surface area contributed by atoms with Gasteiger partial charge in [-0.2, -0.15) is 0 Å². The molecule has 3 aliphatic carbocycles. The number of benzene rings is 1. The number of ether oxygens (including phenoxy) is 3. The summed E-state index contributed by atoms with van der Waals surface area (Å²) in [6.45, 7) is 2.28. The van der Waals surface area contributed by atoms with Crippen LogP contribution in [0.3, 0.4) is 0 Å². The maximum atomic E-state index is 14.9. The molecule has 0 bridgehead atoms. The minimum absolute atomic E-state index is 0.0244. The Morgan fingerprint density at radius 3 is 2.30 bits per heavy atom. The van der Waals surface area contributed by atoms with E-state index in [1.54, 1.807) is 7.11 Å². The van der Waals surface area contributed by atoms with E-state index in [4.69, 9.17) is 14.2 Å². The average molecular weight is 565 g/mol. The molecule has 2 amide bonds. The number of carboxylic acid groups (broad SMARTS) is 1. The first kappa shape index (κ1) is 30.0. The zero-order chi connectivity index (χ0) is 29.1. The number of rotatable bonds is 11. The number of methoxy groups -OCH3 is 2. The SMILES string of the molecule is COc1cc(F)c(O[C@H]2CC[C@@](CO)(C(=O)O)CC2)cc1C(=O)N[C@@H]1C[C@@H](OC)C[C@@H]1C(=O)NCC1(C)CCC1. The highest BCUT2D eigenvalue weighted by Gasteiger charge is 2.43. The first-order chi connectivity index (χ1) is 19.0. The molecule has 0 heterocycles. The fourth-order valence-electron chi connectivity index (χ4n) is 6.12. The van der Waals surface area contributed by atoms with E-state index in [0.717, 1.165) is 25.3 Å². The number of amides is 2. The van der Waals surface area contributed by atoms with Crippen LogP contribution in [0.15, 0.2) is 12.1 Å². The van der Waals surface area contributed by atoms with Crippen LogP contribution in [-0.2, 0) is 14.3 Å². The van der Waals surface area contributed by atoms with Gasteiger partial charge in [-0.25, -0.2) is 4.39 Å². The number of carbonyl (C=O) groups excluding carboxylic acids is 2. The number of aliphatic hydroxyl groups excluding tert-OH is 1. The Kier molecular flexibility index (Phi) is 9.24. The zero-order valence-electron chi connectivity index (χ0n) is 23.5. The van der Waals surface area contributed by atoms with Crippen LogP contribution in [0.1, 0.15) is 75.1 Å². The van der Waals surface area contributed by atoms with Crippen molar-refractivity contribution in [3.8, 4) is 11.5 Å². The number of carboxylic acids is 1. The second-order valence-electron chi connectivity index (χ2n) is 11.9. The Hall–Kier alpha value is -2.92. The summed E-state index contributed by atoms with van der Waals surface area (Å²) in [5.41, 5.74) is -1.04. The van der Waals surface area contributed by atoms with Crippen molar-refractivity contribution in [2.24, 2.45) is 16.7 Å². The van der Waals surface area contributed by atoms with Crippen LogP contribution in [0.5, 0.6) is 11.5 Å². The molecule has 0 unspecified atom stereocenters. The summed E-state index contributed by atoms with van der Waals surface area (Å²) >= 11 is 0. The van der Waals surface area contributed by atoms with Gasteiger partial charge in [0.05, 0.1) is 42.8 Å². The molecule has 3 aliphatic rings. The molecule has 4 rings (SSSR count). The number of hydrogen-bond acceptors (Lipinski definition) is 7. The van der Waals surface area contributed by atoms with Crippen molar-refractivity contribution < 1.29 is 43.2 Å². The molecule has 1 aromatic rings. The molecule has 3 atom stereocenters. The minimum Gasteiger partial charge on any atom is -0.496 e. The topological polar surface area (TPSA) is 143 Å². The van der Waals surface area contributed by atoms with Crippen molar-refractivity contribution in [2.75, 3.05) is 27.4 Å². The first-order valence-corrected chi connectivity index (χ1v) is 14.0. The lowest BCUT2D eigenvalue weighted by atomic mass is 9.70. The van der Waals surface area contributed by atoms with Crippen molar-refractivity contribution in [3.05, 3.63) is 23.5 Å². The Balaban J connectivity index is 1.45. The Labute approximate surface area is 233 Å². The monoisotopic (exact) mass is 564 g/mol.